The molecular formula is C18H32N2O. The van der Waals surface area contributed by atoms with Crippen molar-refractivity contribution >= 4 is 5.91 Å². The first-order chi connectivity index (χ1) is 10.3. The number of carbonyl (C=O) groups is 1. The lowest BCUT2D eigenvalue weighted by Crippen LogP contribution is -2.57. The molecule has 0 aromatic rings. The lowest BCUT2D eigenvalue weighted by atomic mass is 9.84. The van der Waals surface area contributed by atoms with Gasteiger partial charge in [0, 0.05) is 19.0 Å². The predicted molar refractivity (Wildman–Crippen MR) is 88.2 cm³/mol. The molecule has 2 bridgehead atoms. The zero-order chi connectivity index (χ0) is 14.9. The first-order valence-corrected chi connectivity index (χ1v) is 8.92. The van der Waals surface area contributed by atoms with E-state index in [1.165, 1.54) is 58.0 Å². The van der Waals surface area contributed by atoms with Crippen LogP contribution in [-0.2, 0) is 4.79 Å². The van der Waals surface area contributed by atoms with Crippen molar-refractivity contribution in [1.29, 1.82) is 0 Å². The van der Waals surface area contributed by atoms with E-state index in [2.05, 4.69) is 16.8 Å². The summed E-state index contributed by atoms with van der Waals surface area (Å²) >= 11 is 0. The quantitative estimate of drug-likeness (QED) is 0.494. The van der Waals surface area contributed by atoms with Crippen molar-refractivity contribution in [1.82, 2.24) is 10.2 Å². The van der Waals surface area contributed by atoms with Gasteiger partial charge in [0.1, 0.15) is 0 Å². The minimum Gasteiger partial charge on any atom is -0.352 e. The maximum atomic E-state index is 12.0. The number of carbonyl (C=O) groups excluding carboxylic acids is 1. The summed E-state index contributed by atoms with van der Waals surface area (Å²) in [5, 5.41) is 3.28. The molecule has 3 aliphatic heterocycles. The SMILES string of the molecule is C=CCCCCCCCCC(=O)NC1CN2CCC1CC2. The normalized spacial score (nSPS) is 27.5. The summed E-state index contributed by atoms with van der Waals surface area (Å²) in [5.41, 5.74) is 0. The molecule has 1 N–H and O–H groups in total. The molecule has 3 fully saturated rings. The van der Waals surface area contributed by atoms with Crippen LogP contribution in [0.1, 0.15) is 64.2 Å². The number of allylic oxidation sites excluding steroid dienone is 1. The van der Waals surface area contributed by atoms with E-state index >= 15 is 0 Å². The molecule has 3 nitrogen and oxygen atoms in total. The van der Waals surface area contributed by atoms with Crippen LogP contribution in [-0.4, -0.2) is 36.5 Å². The van der Waals surface area contributed by atoms with Crippen LogP contribution < -0.4 is 5.32 Å². The van der Waals surface area contributed by atoms with Crippen LogP contribution in [0.5, 0.6) is 0 Å². The topological polar surface area (TPSA) is 32.3 Å². The first-order valence-electron chi connectivity index (χ1n) is 8.92. The second-order valence-electron chi connectivity index (χ2n) is 6.76. The molecule has 21 heavy (non-hydrogen) atoms. The Morgan fingerprint density at radius 3 is 2.38 bits per heavy atom. The van der Waals surface area contributed by atoms with Gasteiger partial charge in [0.2, 0.25) is 5.91 Å². The lowest BCUT2D eigenvalue weighted by Gasteiger charge is -2.44. The van der Waals surface area contributed by atoms with Gasteiger partial charge in [-0.3, -0.25) is 4.79 Å². The van der Waals surface area contributed by atoms with Gasteiger partial charge in [0.25, 0.3) is 0 Å². The molecule has 3 saturated heterocycles. The monoisotopic (exact) mass is 292 g/mol. The van der Waals surface area contributed by atoms with Crippen LogP contribution in [0, 0.1) is 5.92 Å². The van der Waals surface area contributed by atoms with Gasteiger partial charge in [-0.1, -0.05) is 31.8 Å². The van der Waals surface area contributed by atoms with E-state index in [1.807, 2.05) is 6.08 Å². The van der Waals surface area contributed by atoms with Gasteiger partial charge in [-0.2, -0.15) is 0 Å². The summed E-state index contributed by atoms with van der Waals surface area (Å²) < 4.78 is 0. The van der Waals surface area contributed by atoms with Crippen LogP contribution >= 0.6 is 0 Å². The molecule has 0 radical (unpaired) electrons. The average Bonchev–Trinajstić information content (AvgIpc) is 2.51. The van der Waals surface area contributed by atoms with E-state index in [4.69, 9.17) is 0 Å². The number of unbranched alkanes of at least 4 members (excludes halogenated alkanes) is 6. The zero-order valence-corrected chi connectivity index (χ0v) is 13.5. The fourth-order valence-electron chi connectivity index (χ4n) is 3.69. The molecule has 3 heterocycles. The highest BCUT2D eigenvalue weighted by molar-refractivity contribution is 5.76. The lowest BCUT2D eigenvalue weighted by molar-refractivity contribution is -0.123. The number of nitrogens with zero attached hydrogens (tertiary/aromatic N) is 1. The van der Waals surface area contributed by atoms with Crippen LogP contribution in [0.25, 0.3) is 0 Å². The number of amides is 1. The molecule has 3 rings (SSSR count). The molecule has 1 amide bonds. The van der Waals surface area contributed by atoms with Crippen LogP contribution in [0.15, 0.2) is 12.7 Å². The van der Waals surface area contributed by atoms with Crippen LogP contribution in [0.2, 0.25) is 0 Å². The summed E-state index contributed by atoms with van der Waals surface area (Å²) in [7, 11) is 0. The van der Waals surface area contributed by atoms with Crippen molar-refractivity contribution in [3.8, 4) is 0 Å². The van der Waals surface area contributed by atoms with Crippen molar-refractivity contribution < 1.29 is 4.79 Å². The molecule has 3 heteroatoms. The fourth-order valence-corrected chi connectivity index (χ4v) is 3.69. The Labute approximate surface area is 130 Å². The van der Waals surface area contributed by atoms with Crippen molar-refractivity contribution in [2.45, 2.75) is 70.3 Å². The number of hydrogen-bond acceptors (Lipinski definition) is 2. The van der Waals surface area contributed by atoms with Gasteiger partial charge in [-0.05, 0) is 51.1 Å². The minimum absolute atomic E-state index is 0.278. The smallest absolute Gasteiger partial charge is 0.220 e. The van der Waals surface area contributed by atoms with Crippen molar-refractivity contribution in [2.75, 3.05) is 19.6 Å². The Morgan fingerprint density at radius 1 is 1.10 bits per heavy atom. The van der Waals surface area contributed by atoms with Gasteiger partial charge in [-0.25, -0.2) is 0 Å². The predicted octanol–water partition coefficient (Wildman–Crippen LogP) is 3.50. The first kappa shape index (κ1) is 16.5. The number of fused-ring (bicyclic) bond motifs is 3. The molecule has 0 aliphatic carbocycles. The largest absolute Gasteiger partial charge is 0.352 e. The summed E-state index contributed by atoms with van der Waals surface area (Å²) in [6.45, 7) is 7.30. The Morgan fingerprint density at radius 2 is 1.76 bits per heavy atom. The minimum atomic E-state index is 0.278. The maximum Gasteiger partial charge on any atom is 0.220 e. The second-order valence-corrected chi connectivity index (χ2v) is 6.76. The molecule has 3 aliphatic rings. The van der Waals surface area contributed by atoms with Crippen LogP contribution in [0.3, 0.4) is 0 Å². The summed E-state index contributed by atoms with van der Waals surface area (Å²) in [4.78, 5) is 14.5. The van der Waals surface area contributed by atoms with E-state index in [0.717, 1.165) is 31.7 Å². The Kier molecular flexibility index (Phi) is 7.28. The molecule has 1 unspecified atom stereocenters. The molecule has 0 aromatic heterocycles. The summed E-state index contributed by atoms with van der Waals surface area (Å²) in [6, 6.07) is 0.430. The fraction of sp³-hybridized carbons (Fsp3) is 0.833. The van der Waals surface area contributed by atoms with E-state index in [-0.39, 0.29) is 5.91 Å². The Balaban J connectivity index is 1.47. The number of hydrogen-bond donors (Lipinski definition) is 1. The maximum absolute atomic E-state index is 12.0. The highest BCUT2D eigenvalue weighted by Crippen LogP contribution is 2.27. The molecule has 0 aromatic carbocycles. The van der Waals surface area contributed by atoms with Crippen molar-refractivity contribution in [2.24, 2.45) is 5.92 Å². The highest BCUT2D eigenvalue weighted by atomic mass is 16.1. The average molecular weight is 292 g/mol. The van der Waals surface area contributed by atoms with E-state index in [1.54, 1.807) is 0 Å². The second kappa shape index (κ2) is 9.24. The van der Waals surface area contributed by atoms with E-state index < -0.39 is 0 Å². The van der Waals surface area contributed by atoms with Gasteiger partial charge < -0.3 is 10.2 Å². The van der Waals surface area contributed by atoms with Crippen molar-refractivity contribution in [3.05, 3.63) is 12.7 Å². The van der Waals surface area contributed by atoms with E-state index in [9.17, 15) is 4.79 Å². The van der Waals surface area contributed by atoms with Crippen molar-refractivity contribution in [3.63, 3.8) is 0 Å². The summed E-state index contributed by atoms with van der Waals surface area (Å²) in [6.07, 6.45) is 13.8. The third-order valence-electron chi connectivity index (χ3n) is 5.06. The Hall–Kier alpha value is -0.830. The number of rotatable bonds is 10. The number of nitrogens with one attached hydrogen (secondary N) is 1. The Bertz CT molecular complexity index is 321. The highest BCUT2D eigenvalue weighted by Gasteiger charge is 2.34. The van der Waals surface area contributed by atoms with Gasteiger partial charge in [0.05, 0.1) is 0 Å². The third-order valence-corrected chi connectivity index (χ3v) is 5.06. The van der Waals surface area contributed by atoms with Gasteiger partial charge >= 0.3 is 0 Å². The molecule has 120 valence electrons. The summed E-state index contributed by atoms with van der Waals surface area (Å²) in [5.74, 6) is 1.02. The van der Waals surface area contributed by atoms with Gasteiger partial charge in [0.15, 0.2) is 0 Å². The standard InChI is InChI=1S/C18H32N2O/c1-2-3-4-5-6-7-8-9-10-18(21)19-17-15-20-13-11-16(17)12-14-20/h2,16-17H,1,3-15H2,(H,19,21). The zero-order valence-electron chi connectivity index (χ0n) is 13.5. The third kappa shape index (κ3) is 5.82. The van der Waals surface area contributed by atoms with E-state index in [0.29, 0.717) is 6.04 Å². The molecule has 1 atom stereocenters. The molecular weight excluding hydrogens is 260 g/mol. The molecule has 0 spiro atoms. The number of piperidine rings is 3. The van der Waals surface area contributed by atoms with Crippen LogP contribution in [0.4, 0.5) is 0 Å². The molecule has 0 saturated carbocycles. The van der Waals surface area contributed by atoms with Gasteiger partial charge in [-0.15, -0.1) is 6.58 Å².